The van der Waals surface area contributed by atoms with Gasteiger partial charge in [-0.05, 0) is 36.4 Å². The van der Waals surface area contributed by atoms with E-state index in [4.69, 9.17) is 4.42 Å². The summed E-state index contributed by atoms with van der Waals surface area (Å²) < 4.78 is 33.4. The Bertz CT molecular complexity index is 1190. The summed E-state index contributed by atoms with van der Waals surface area (Å²) in [6, 6.07) is 13.3. The highest BCUT2D eigenvalue weighted by atomic mass is 19.1. The molecule has 0 radical (unpaired) electrons. The molecule has 0 saturated heterocycles. The Morgan fingerprint density at radius 3 is 2.77 bits per heavy atom. The number of halogens is 2. The number of aromatic nitrogens is 2. The highest BCUT2D eigenvalue weighted by Crippen LogP contribution is 2.25. The first-order chi connectivity index (χ1) is 12.6. The van der Waals surface area contributed by atoms with Gasteiger partial charge in [0.05, 0.1) is 22.7 Å². The van der Waals surface area contributed by atoms with Crippen LogP contribution in [-0.2, 0) is 0 Å². The molecule has 0 saturated carbocycles. The minimum Gasteiger partial charge on any atom is -0.455 e. The number of rotatable bonds is 3. The molecule has 2 heterocycles. The van der Waals surface area contributed by atoms with Crippen LogP contribution >= 0.6 is 0 Å². The third-order valence-corrected chi connectivity index (χ3v) is 3.78. The van der Waals surface area contributed by atoms with Crippen molar-refractivity contribution in [3.8, 4) is 11.3 Å². The molecule has 0 atom stereocenters. The maximum Gasteiger partial charge on any atom is 0.281 e. The Hall–Kier alpha value is -3.61. The minimum absolute atomic E-state index is 0.135. The summed E-state index contributed by atoms with van der Waals surface area (Å²) in [5, 5.41) is 4.48. The van der Waals surface area contributed by atoms with E-state index >= 15 is 0 Å². The molecule has 0 aliphatic heterocycles. The summed E-state index contributed by atoms with van der Waals surface area (Å²) in [6.07, 6.45) is 2.63. The highest BCUT2D eigenvalue weighted by Gasteiger charge is 2.10. The van der Waals surface area contributed by atoms with Gasteiger partial charge in [0.25, 0.3) is 5.56 Å². The maximum absolute atomic E-state index is 13.8. The van der Waals surface area contributed by atoms with E-state index < -0.39 is 11.6 Å². The van der Waals surface area contributed by atoms with Crippen LogP contribution in [-0.4, -0.2) is 15.9 Å². The first kappa shape index (κ1) is 15.9. The van der Waals surface area contributed by atoms with Crippen LogP contribution in [0, 0.1) is 11.6 Å². The first-order valence-corrected chi connectivity index (χ1v) is 7.68. The van der Waals surface area contributed by atoms with E-state index in [-0.39, 0.29) is 16.9 Å². The monoisotopic (exact) mass is 351 g/mol. The van der Waals surface area contributed by atoms with Crippen molar-refractivity contribution in [2.45, 2.75) is 0 Å². The molecule has 0 unspecified atom stereocenters. The lowest BCUT2D eigenvalue weighted by atomic mass is 10.1. The van der Waals surface area contributed by atoms with Gasteiger partial charge < -0.3 is 4.42 Å². The number of hydrogen-bond acceptors (Lipinski definition) is 4. The summed E-state index contributed by atoms with van der Waals surface area (Å²) in [4.78, 5) is 16.5. The van der Waals surface area contributed by atoms with E-state index in [0.29, 0.717) is 16.7 Å². The molecule has 2 aromatic carbocycles. The van der Waals surface area contributed by atoms with Gasteiger partial charge in [-0.15, -0.1) is 0 Å². The molecule has 0 spiro atoms. The fraction of sp³-hybridized carbons (Fsp3) is 0. The van der Waals surface area contributed by atoms with E-state index in [9.17, 15) is 13.6 Å². The molecule has 26 heavy (non-hydrogen) atoms. The van der Waals surface area contributed by atoms with Crippen LogP contribution in [0.1, 0.15) is 5.76 Å². The van der Waals surface area contributed by atoms with E-state index in [1.165, 1.54) is 18.6 Å². The zero-order chi connectivity index (χ0) is 18.1. The Morgan fingerprint density at radius 1 is 1.08 bits per heavy atom. The zero-order valence-corrected chi connectivity index (χ0v) is 13.3. The Labute approximate surface area is 145 Å². The van der Waals surface area contributed by atoms with Gasteiger partial charge in [0.15, 0.2) is 0 Å². The second-order valence-corrected chi connectivity index (χ2v) is 5.48. The molecule has 0 aliphatic carbocycles. The number of nitrogens with zero attached hydrogens (tertiary/aromatic N) is 3. The van der Waals surface area contributed by atoms with Crippen molar-refractivity contribution in [3.63, 3.8) is 0 Å². The smallest absolute Gasteiger partial charge is 0.281 e. The van der Waals surface area contributed by atoms with E-state index in [2.05, 4.69) is 10.1 Å². The molecule has 4 rings (SSSR count). The van der Waals surface area contributed by atoms with E-state index in [1.807, 2.05) is 0 Å². The van der Waals surface area contributed by atoms with Crippen LogP contribution in [0.5, 0.6) is 0 Å². The van der Waals surface area contributed by atoms with Gasteiger partial charge in [-0.3, -0.25) is 4.79 Å². The second-order valence-electron chi connectivity index (χ2n) is 5.48. The molecule has 7 heteroatoms. The van der Waals surface area contributed by atoms with Crippen LogP contribution in [0.2, 0.25) is 0 Å². The van der Waals surface area contributed by atoms with Crippen molar-refractivity contribution < 1.29 is 13.2 Å². The standard InChI is InChI=1S/C19H11F2N3O2/c20-12-5-7-14(16(21)9-12)18-8-6-13(26-18)10-23-24-11-22-17-4-2-1-3-15(17)19(24)25/h1-11H/b23-10+. The minimum atomic E-state index is -0.724. The summed E-state index contributed by atoms with van der Waals surface area (Å²) in [5.74, 6) is -0.850. The van der Waals surface area contributed by atoms with Crippen molar-refractivity contribution in [3.05, 3.63) is 88.7 Å². The summed E-state index contributed by atoms with van der Waals surface area (Å²) in [6.45, 7) is 0. The molecular weight excluding hydrogens is 340 g/mol. The van der Waals surface area contributed by atoms with Gasteiger partial charge in [-0.1, -0.05) is 12.1 Å². The van der Waals surface area contributed by atoms with Gasteiger partial charge in [0, 0.05) is 6.07 Å². The normalized spacial score (nSPS) is 11.5. The van der Waals surface area contributed by atoms with Gasteiger partial charge >= 0.3 is 0 Å². The summed E-state index contributed by atoms with van der Waals surface area (Å²) in [5.41, 5.74) is 0.398. The van der Waals surface area contributed by atoms with E-state index in [0.717, 1.165) is 16.8 Å². The number of benzene rings is 2. The molecule has 2 aromatic heterocycles. The third-order valence-electron chi connectivity index (χ3n) is 3.78. The molecule has 0 bridgehead atoms. The lowest BCUT2D eigenvalue weighted by Gasteiger charge is -2.00. The quantitative estimate of drug-likeness (QED) is 0.527. The summed E-state index contributed by atoms with van der Waals surface area (Å²) in [7, 11) is 0. The lowest BCUT2D eigenvalue weighted by Crippen LogP contribution is -2.16. The van der Waals surface area contributed by atoms with E-state index in [1.54, 1.807) is 36.4 Å². The molecule has 0 N–H and O–H groups in total. The zero-order valence-electron chi connectivity index (χ0n) is 13.3. The fourth-order valence-electron chi connectivity index (χ4n) is 2.52. The van der Waals surface area contributed by atoms with Crippen molar-refractivity contribution in [1.29, 1.82) is 0 Å². The lowest BCUT2D eigenvalue weighted by molar-refractivity contribution is 0.555. The maximum atomic E-state index is 13.8. The van der Waals surface area contributed by atoms with Gasteiger partial charge in [-0.25, -0.2) is 13.8 Å². The molecule has 128 valence electrons. The molecule has 0 aliphatic rings. The molecule has 0 fully saturated rings. The summed E-state index contributed by atoms with van der Waals surface area (Å²) >= 11 is 0. The van der Waals surface area contributed by atoms with Crippen molar-refractivity contribution in [2.24, 2.45) is 5.10 Å². The topological polar surface area (TPSA) is 60.4 Å². The Kier molecular flexibility index (Phi) is 3.89. The number of furan rings is 1. The second kappa shape index (κ2) is 6.36. The SMILES string of the molecule is O=c1c2ccccc2ncn1/N=C/c1ccc(-c2ccc(F)cc2F)o1. The number of para-hydroxylation sites is 1. The largest absolute Gasteiger partial charge is 0.455 e. The van der Waals surface area contributed by atoms with Crippen LogP contribution in [0.4, 0.5) is 8.78 Å². The van der Waals surface area contributed by atoms with Crippen LogP contribution < -0.4 is 5.56 Å². The average Bonchev–Trinajstić information content (AvgIpc) is 3.10. The van der Waals surface area contributed by atoms with Crippen molar-refractivity contribution in [1.82, 2.24) is 9.66 Å². The first-order valence-electron chi connectivity index (χ1n) is 7.68. The highest BCUT2D eigenvalue weighted by molar-refractivity contribution is 5.79. The van der Waals surface area contributed by atoms with Crippen LogP contribution in [0.15, 0.2) is 75.2 Å². The Balaban J connectivity index is 1.65. The fourth-order valence-corrected chi connectivity index (χ4v) is 2.52. The third kappa shape index (κ3) is 2.90. The predicted octanol–water partition coefficient (Wildman–Crippen LogP) is 3.82. The average molecular weight is 351 g/mol. The molecule has 4 aromatic rings. The van der Waals surface area contributed by atoms with Crippen molar-refractivity contribution in [2.75, 3.05) is 0 Å². The molecule has 5 nitrogen and oxygen atoms in total. The van der Waals surface area contributed by atoms with Crippen molar-refractivity contribution >= 4 is 17.1 Å². The number of hydrogen-bond donors (Lipinski definition) is 0. The van der Waals surface area contributed by atoms with Crippen LogP contribution in [0.25, 0.3) is 22.2 Å². The molecular formula is C19H11F2N3O2. The van der Waals surface area contributed by atoms with Crippen LogP contribution in [0.3, 0.4) is 0 Å². The molecule has 0 amide bonds. The van der Waals surface area contributed by atoms with Gasteiger partial charge in [0.2, 0.25) is 0 Å². The van der Waals surface area contributed by atoms with Gasteiger partial charge in [0.1, 0.15) is 29.5 Å². The predicted molar refractivity (Wildman–Crippen MR) is 93.1 cm³/mol. The Morgan fingerprint density at radius 2 is 1.92 bits per heavy atom. The van der Waals surface area contributed by atoms with Gasteiger partial charge in [-0.2, -0.15) is 9.78 Å². The number of fused-ring (bicyclic) bond motifs is 1.